The lowest BCUT2D eigenvalue weighted by Crippen LogP contribution is -2.45. The van der Waals surface area contributed by atoms with E-state index in [0.717, 1.165) is 48.1 Å². The number of pyridine rings is 3. The number of aliphatic hydroxyl groups excluding tert-OH is 1. The maximum atomic E-state index is 12.5. The highest BCUT2D eigenvalue weighted by Gasteiger charge is 2.27. The molecule has 32 heavy (non-hydrogen) atoms. The Balaban J connectivity index is 1.35. The van der Waals surface area contributed by atoms with E-state index in [0.29, 0.717) is 30.4 Å². The lowest BCUT2D eigenvalue weighted by atomic mass is 9.88. The average Bonchev–Trinajstić information content (AvgIpc) is 2.79. The number of β-amino-alcohol motifs (C(OH)–C–C–N with tert-alkyl or cyclic N) is 1. The first-order chi connectivity index (χ1) is 15.4. The summed E-state index contributed by atoms with van der Waals surface area (Å²) >= 11 is 6.18. The van der Waals surface area contributed by atoms with Crippen LogP contribution in [0.15, 0.2) is 41.5 Å². The Labute approximate surface area is 192 Å². The third-order valence-electron chi connectivity index (χ3n) is 6.38. The number of likely N-dealkylation sites (tertiary alicyclic amines) is 1. The van der Waals surface area contributed by atoms with Crippen LogP contribution in [0.1, 0.15) is 24.1 Å². The van der Waals surface area contributed by atoms with E-state index in [2.05, 4.69) is 14.9 Å². The van der Waals surface area contributed by atoms with Crippen LogP contribution in [0.4, 0.5) is 0 Å². The molecule has 170 valence electrons. The summed E-state index contributed by atoms with van der Waals surface area (Å²) in [4.78, 5) is 23.4. The van der Waals surface area contributed by atoms with Crippen molar-refractivity contribution in [2.45, 2.75) is 38.8 Å². The van der Waals surface area contributed by atoms with Crippen molar-refractivity contribution in [1.82, 2.24) is 19.4 Å². The number of aryl methyl sites for hydroxylation is 2. The smallest absolute Gasteiger partial charge is 0.251 e. The SMILES string of the molecule is COc1cnc2ccc(=O)n(CCN3CC[C@H](CCc4cnc(C)c(Cl)c4)[C@H](O)C3)c2c1. The molecular formula is C24H29ClN4O3. The van der Waals surface area contributed by atoms with Gasteiger partial charge in [0, 0.05) is 38.0 Å². The third-order valence-corrected chi connectivity index (χ3v) is 6.76. The predicted octanol–water partition coefficient (Wildman–Crippen LogP) is 3.08. The van der Waals surface area contributed by atoms with E-state index in [1.54, 1.807) is 30.0 Å². The van der Waals surface area contributed by atoms with E-state index < -0.39 is 0 Å². The van der Waals surface area contributed by atoms with Gasteiger partial charge < -0.3 is 14.4 Å². The molecule has 0 radical (unpaired) electrons. The quantitative estimate of drug-likeness (QED) is 0.588. The zero-order valence-corrected chi connectivity index (χ0v) is 19.3. The molecule has 0 aliphatic carbocycles. The molecule has 3 aromatic rings. The maximum absolute atomic E-state index is 12.5. The van der Waals surface area contributed by atoms with Crippen molar-refractivity contribution in [2.24, 2.45) is 5.92 Å². The molecule has 0 saturated carbocycles. The zero-order valence-electron chi connectivity index (χ0n) is 18.5. The molecule has 8 heteroatoms. The van der Waals surface area contributed by atoms with Gasteiger partial charge in [0.05, 0.1) is 41.2 Å². The number of aliphatic hydroxyl groups is 1. The van der Waals surface area contributed by atoms with Gasteiger partial charge >= 0.3 is 0 Å². The molecule has 4 heterocycles. The number of rotatable bonds is 7. The highest BCUT2D eigenvalue weighted by molar-refractivity contribution is 6.31. The molecule has 1 aliphatic rings. The summed E-state index contributed by atoms with van der Waals surface area (Å²) in [6.45, 7) is 4.63. The Morgan fingerprint density at radius 3 is 2.81 bits per heavy atom. The van der Waals surface area contributed by atoms with Crippen LogP contribution in [0.5, 0.6) is 5.75 Å². The molecule has 1 N–H and O–H groups in total. The number of methoxy groups -OCH3 is 1. The summed E-state index contributed by atoms with van der Waals surface area (Å²) < 4.78 is 7.01. The molecule has 0 aromatic carbocycles. The summed E-state index contributed by atoms with van der Waals surface area (Å²) in [5, 5.41) is 11.4. The summed E-state index contributed by atoms with van der Waals surface area (Å²) in [6.07, 6.45) is 5.82. The van der Waals surface area contributed by atoms with Gasteiger partial charge in [0.2, 0.25) is 0 Å². The van der Waals surface area contributed by atoms with Gasteiger partial charge in [-0.05, 0) is 56.3 Å². The van der Waals surface area contributed by atoms with Gasteiger partial charge in [0.1, 0.15) is 5.75 Å². The van der Waals surface area contributed by atoms with Crippen LogP contribution in [-0.2, 0) is 13.0 Å². The van der Waals surface area contributed by atoms with Gasteiger partial charge in [0.15, 0.2) is 0 Å². The van der Waals surface area contributed by atoms with Crippen molar-refractivity contribution in [3.05, 3.63) is 63.3 Å². The second-order valence-corrected chi connectivity index (χ2v) is 8.88. The molecule has 3 aromatic heterocycles. The molecule has 7 nitrogen and oxygen atoms in total. The number of nitrogens with zero attached hydrogens (tertiary/aromatic N) is 4. The van der Waals surface area contributed by atoms with Crippen LogP contribution in [-0.4, -0.2) is 57.4 Å². The van der Waals surface area contributed by atoms with E-state index in [1.807, 2.05) is 25.3 Å². The number of hydrogen-bond acceptors (Lipinski definition) is 6. The van der Waals surface area contributed by atoms with E-state index in [1.165, 1.54) is 0 Å². The highest BCUT2D eigenvalue weighted by atomic mass is 35.5. The number of ether oxygens (including phenoxy) is 1. The number of aromatic nitrogens is 3. The first-order valence-electron chi connectivity index (χ1n) is 11.0. The molecule has 1 aliphatic heterocycles. The van der Waals surface area contributed by atoms with Crippen molar-refractivity contribution in [1.29, 1.82) is 0 Å². The molecule has 0 spiro atoms. The fraction of sp³-hybridized carbons (Fsp3) is 0.458. The summed E-state index contributed by atoms with van der Waals surface area (Å²) in [6, 6.07) is 7.10. The van der Waals surface area contributed by atoms with Gasteiger partial charge in [-0.1, -0.05) is 11.6 Å². The van der Waals surface area contributed by atoms with Crippen molar-refractivity contribution in [2.75, 3.05) is 26.7 Å². The van der Waals surface area contributed by atoms with Gasteiger partial charge in [0.25, 0.3) is 5.56 Å². The van der Waals surface area contributed by atoms with Gasteiger partial charge in [-0.3, -0.25) is 19.7 Å². The van der Waals surface area contributed by atoms with Crippen LogP contribution in [0.2, 0.25) is 5.02 Å². The number of halogens is 1. The molecule has 0 unspecified atom stereocenters. The Morgan fingerprint density at radius 1 is 1.22 bits per heavy atom. The fourth-order valence-corrected chi connectivity index (χ4v) is 4.54. The topological polar surface area (TPSA) is 80.5 Å². The zero-order chi connectivity index (χ0) is 22.7. The fourth-order valence-electron chi connectivity index (χ4n) is 4.35. The van der Waals surface area contributed by atoms with Crippen molar-refractivity contribution in [3.63, 3.8) is 0 Å². The number of hydrogen-bond donors (Lipinski definition) is 1. The third kappa shape index (κ3) is 5.11. The molecule has 0 bridgehead atoms. The molecular weight excluding hydrogens is 428 g/mol. The van der Waals surface area contributed by atoms with Gasteiger partial charge in [-0.15, -0.1) is 0 Å². The van der Waals surface area contributed by atoms with Crippen molar-refractivity contribution < 1.29 is 9.84 Å². The largest absolute Gasteiger partial charge is 0.495 e. The second kappa shape index (κ2) is 9.98. The van der Waals surface area contributed by atoms with E-state index in [4.69, 9.17) is 16.3 Å². The lowest BCUT2D eigenvalue weighted by Gasteiger charge is -2.36. The first kappa shape index (κ1) is 22.7. The minimum atomic E-state index is -0.386. The van der Waals surface area contributed by atoms with E-state index >= 15 is 0 Å². The normalized spacial score (nSPS) is 19.4. The van der Waals surface area contributed by atoms with Crippen LogP contribution in [0.25, 0.3) is 11.0 Å². The van der Waals surface area contributed by atoms with Crippen LogP contribution < -0.4 is 10.3 Å². The van der Waals surface area contributed by atoms with E-state index in [9.17, 15) is 9.90 Å². The Kier molecular flexibility index (Phi) is 7.08. The Hall–Kier alpha value is -2.48. The first-order valence-corrected chi connectivity index (χ1v) is 11.4. The molecule has 4 rings (SSSR count). The van der Waals surface area contributed by atoms with E-state index in [-0.39, 0.29) is 17.6 Å². The summed E-state index contributed by atoms with van der Waals surface area (Å²) in [7, 11) is 1.59. The standard InChI is InChI=1S/C24H29ClN4O3/c1-16-20(25)11-17(13-26-16)3-4-18-7-8-28(15-23(18)30)9-10-29-22-12-19(32-2)14-27-21(22)5-6-24(29)31/h5-6,11-14,18,23,30H,3-4,7-10,15H2,1-2H3/t18-,23+/m0/s1. The second-order valence-electron chi connectivity index (χ2n) is 8.47. The summed E-state index contributed by atoms with van der Waals surface area (Å²) in [5.41, 5.74) is 3.40. The molecule has 1 saturated heterocycles. The van der Waals surface area contributed by atoms with Crippen molar-refractivity contribution in [3.8, 4) is 5.75 Å². The van der Waals surface area contributed by atoms with Gasteiger partial charge in [-0.25, -0.2) is 0 Å². The molecule has 0 amide bonds. The van der Waals surface area contributed by atoms with Crippen molar-refractivity contribution >= 4 is 22.6 Å². The van der Waals surface area contributed by atoms with Gasteiger partial charge in [-0.2, -0.15) is 0 Å². The Morgan fingerprint density at radius 2 is 2.06 bits per heavy atom. The minimum absolute atomic E-state index is 0.0617. The van der Waals surface area contributed by atoms with Crippen LogP contribution in [0.3, 0.4) is 0 Å². The summed E-state index contributed by atoms with van der Waals surface area (Å²) in [5.74, 6) is 0.873. The monoisotopic (exact) mass is 456 g/mol. The average molecular weight is 457 g/mol. The minimum Gasteiger partial charge on any atom is -0.495 e. The molecule has 2 atom stereocenters. The number of piperidine rings is 1. The highest BCUT2D eigenvalue weighted by Crippen LogP contribution is 2.24. The van der Waals surface area contributed by atoms with Crippen LogP contribution >= 0.6 is 11.6 Å². The predicted molar refractivity (Wildman–Crippen MR) is 125 cm³/mol. The maximum Gasteiger partial charge on any atom is 0.251 e. The van der Waals surface area contributed by atoms with Crippen LogP contribution in [0, 0.1) is 12.8 Å². The number of fused-ring (bicyclic) bond motifs is 1. The Bertz CT molecular complexity index is 1150. The molecule has 1 fully saturated rings. The lowest BCUT2D eigenvalue weighted by molar-refractivity contribution is 0.0174.